The van der Waals surface area contributed by atoms with Crippen molar-refractivity contribution in [3.63, 3.8) is 0 Å². The second-order valence-corrected chi connectivity index (χ2v) is 19.1. The number of carbonyl (C=O) groups excluding carboxylic acids is 2. The highest BCUT2D eigenvalue weighted by Gasteiger charge is 2.35. The summed E-state index contributed by atoms with van der Waals surface area (Å²) >= 11 is 0. The lowest BCUT2D eigenvalue weighted by atomic mass is 9.94. The number of hydrogen-bond donors (Lipinski definition) is 2. The number of unbranched alkanes of at least 4 members (excludes halogenated alkanes) is 36. The van der Waals surface area contributed by atoms with Gasteiger partial charge in [0, 0.05) is 6.42 Å². The van der Waals surface area contributed by atoms with E-state index in [1.807, 2.05) is 0 Å². The van der Waals surface area contributed by atoms with Gasteiger partial charge >= 0.3 is 17.8 Å². The van der Waals surface area contributed by atoms with Crippen LogP contribution in [-0.2, 0) is 19.1 Å². The summed E-state index contributed by atoms with van der Waals surface area (Å²) in [5.41, 5.74) is 12.3. The highest BCUT2D eigenvalue weighted by atomic mass is 16.7. The van der Waals surface area contributed by atoms with Crippen LogP contribution in [0.15, 0.2) is 24.3 Å². The molecule has 6 heteroatoms. The van der Waals surface area contributed by atoms with Crippen LogP contribution >= 0.6 is 0 Å². The second kappa shape index (κ2) is 48.8. The van der Waals surface area contributed by atoms with Gasteiger partial charge in [0.2, 0.25) is 0 Å². The molecule has 0 bridgehead atoms. The molecule has 0 aliphatic rings. The Labute approximate surface area is 387 Å². The Morgan fingerprint density at radius 1 is 0.403 bits per heavy atom. The van der Waals surface area contributed by atoms with Gasteiger partial charge in [-0.3, -0.25) is 15.3 Å². The Bertz CT molecular complexity index is 998. The van der Waals surface area contributed by atoms with Gasteiger partial charge in [0.05, 0.1) is 12.5 Å². The smallest absolute Gasteiger partial charge is 0.328 e. The van der Waals surface area contributed by atoms with Gasteiger partial charge in [0.25, 0.3) is 0 Å². The van der Waals surface area contributed by atoms with Crippen molar-refractivity contribution in [2.45, 2.75) is 309 Å². The molecule has 0 aliphatic heterocycles. The van der Waals surface area contributed by atoms with Gasteiger partial charge in [-0.25, -0.2) is 0 Å². The van der Waals surface area contributed by atoms with E-state index >= 15 is 0 Å². The fourth-order valence-electron chi connectivity index (χ4n) is 8.55. The summed E-state index contributed by atoms with van der Waals surface area (Å²) in [5, 5.41) is 0. The molecule has 0 aromatic heterocycles. The van der Waals surface area contributed by atoms with E-state index in [1.165, 1.54) is 199 Å². The number of esters is 2. The molecule has 0 radical (unpaired) electrons. The number of ether oxygens (including phenoxy) is 2. The van der Waals surface area contributed by atoms with Crippen molar-refractivity contribution >= 4 is 11.9 Å². The van der Waals surface area contributed by atoms with Gasteiger partial charge in [-0.15, -0.1) is 0 Å². The molecule has 2 atom stereocenters. The van der Waals surface area contributed by atoms with Crippen LogP contribution in [0.2, 0.25) is 0 Å². The Balaban J connectivity index is 4.57. The monoisotopic (exact) mass is 873 g/mol. The molecule has 0 heterocycles. The molecule has 2 unspecified atom stereocenters. The highest BCUT2D eigenvalue weighted by molar-refractivity contribution is 5.74. The summed E-state index contributed by atoms with van der Waals surface area (Å²) in [5.74, 6) is -2.98. The molecule has 0 spiro atoms. The van der Waals surface area contributed by atoms with Crippen molar-refractivity contribution in [3.05, 3.63) is 24.3 Å². The molecule has 0 aromatic rings. The molecular formula is C56H108N2O4. The van der Waals surface area contributed by atoms with Crippen LogP contribution in [0.25, 0.3) is 0 Å². The molecule has 366 valence electrons. The van der Waals surface area contributed by atoms with E-state index < -0.39 is 11.9 Å². The number of hydrogen-bond acceptors (Lipinski definition) is 6. The van der Waals surface area contributed by atoms with E-state index in [1.54, 1.807) is 0 Å². The Kier molecular flexibility index (Phi) is 47.5. The fourth-order valence-corrected chi connectivity index (χ4v) is 8.55. The predicted octanol–water partition coefficient (Wildman–Crippen LogP) is 17.6. The predicted molar refractivity (Wildman–Crippen MR) is 270 cm³/mol. The maximum Gasteiger partial charge on any atom is 0.328 e. The van der Waals surface area contributed by atoms with Crippen molar-refractivity contribution in [1.29, 1.82) is 0 Å². The van der Waals surface area contributed by atoms with Gasteiger partial charge in [-0.2, -0.15) is 0 Å². The lowest BCUT2D eigenvalue weighted by molar-refractivity contribution is -0.226. The van der Waals surface area contributed by atoms with E-state index in [9.17, 15) is 9.59 Å². The van der Waals surface area contributed by atoms with Crippen molar-refractivity contribution in [2.24, 2.45) is 17.4 Å². The second-order valence-electron chi connectivity index (χ2n) is 19.1. The third-order valence-corrected chi connectivity index (χ3v) is 12.8. The van der Waals surface area contributed by atoms with Crippen LogP contribution < -0.4 is 11.5 Å². The van der Waals surface area contributed by atoms with Gasteiger partial charge < -0.3 is 15.2 Å². The Hall–Kier alpha value is -1.66. The SMILES string of the molecule is CCCCCCCC/C=C\CCCCCCCC(=O)OC(N)(CN)OC(=O)C(CCCCCC/C=C\CCCCCCCC)CCCCCCCCCCCCCCCCCC. The normalized spacial score (nSPS) is 13.3. The van der Waals surface area contributed by atoms with E-state index in [0.717, 1.165) is 77.0 Å². The summed E-state index contributed by atoms with van der Waals surface area (Å²) in [6, 6.07) is 0. The average Bonchev–Trinajstić information content (AvgIpc) is 3.26. The maximum absolute atomic E-state index is 13.6. The van der Waals surface area contributed by atoms with Crippen LogP contribution in [0.5, 0.6) is 0 Å². The summed E-state index contributed by atoms with van der Waals surface area (Å²) in [6.07, 6.45) is 62.8. The number of allylic oxidation sites excluding steroid dienone is 4. The third-order valence-electron chi connectivity index (χ3n) is 12.8. The molecule has 0 fully saturated rings. The zero-order valence-electron chi connectivity index (χ0n) is 42.0. The molecule has 0 aromatic carbocycles. The highest BCUT2D eigenvalue weighted by Crippen LogP contribution is 2.24. The largest absolute Gasteiger partial charge is 0.407 e. The molecule has 6 nitrogen and oxygen atoms in total. The molecule has 4 N–H and O–H groups in total. The quantitative estimate of drug-likeness (QED) is 0.0273. The Morgan fingerprint density at radius 2 is 0.677 bits per heavy atom. The average molecular weight is 873 g/mol. The molecule has 0 saturated carbocycles. The van der Waals surface area contributed by atoms with Gasteiger partial charge in [-0.1, -0.05) is 251 Å². The minimum absolute atomic E-state index is 0.252. The molecule has 0 aliphatic carbocycles. The van der Waals surface area contributed by atoms with E-state index in [-0.39, 0.29) is 24.9 Å². The maximum atomic E-state index is 13.6. The van der Waals surface area contributed by atoms with Crippen molar-refractivity contribution in [1.82, 2.24) is 0 Å². The molecule has 0 amide bonds. The molecule has 62 heavy (non-hydrogen) atoms. The zero-order chi connectivity index (χ0) is 45.3. The topological polar surface area (TPSA) is 105 Å². The number of rotatable bonds is 50. The van der Waals surface area contributed by atoms with Crippen molar-refractivity contribution < 1.29 is 19.1 Å². The first-order valence-electron chi connectivity index (χ1n) is 27.7. The first-order valence-corrected chi connectivity index (χ1v) is 27.7. The van der Waals surface area contributed by atoms with Crippen LogP contribution in [0, 0.1) is 5.92 Å². The molecule has 0 saturated heterocycles. The lowest BCUT2D eigenvalue weighted by Crippen LogP contribution is -2.55. The van der Waals surface area contributed by atoms with Crippen molar-refractivity contribution in [3.8, 4) is 0 Å². The number of nitrogens with two attached hydrogens (primary N) is 2. The summed E-state index contributed by atoms with van der Waals surface area (Å²) in [6.45, 7) is 6.57. The minimum Gasteiger partial charge on any atom is -0.407 e. The van der Waals surface area contributed by atoms with Gasteiger partial charge in [0.15, 0.2) is 0 Å². The minimum atomic E-state index is -1.91. The summed E-state index contributed by atoms with van der Waals surface area (Å²) in [4.78, 5) is 26.4. The van der Waals surface area contributed by atoms with Crippen LogP contribution in [0.4, 0.5) is 0 Å². The van der Waals surface area contributed by atoms with E-state index in [4.69, 9.17) is 20.9 Å². The van der Waals surface area contributed by atoms with E-state index in [2.05, 4.69) is 45.1 Å². The first kappa shape index (κ1) is 60.3. The van der Waals surface area contributed by atoms with Gasteiger partial charge in [-0.05, 0) is 70.6 Å². The van der Waals surface area contributed by atoms with E-state index in [0.29, 0.717) is 0 Å². The van der Waals surface area contributed by atoms with Gasteiger partial charge in [0.1, 0.15) is 0 Å². The van der Waals surface area contributed by atoms with Crippen molar-refractivity contribution in [2.75, 3.05) is 6.54 Å². The fraction of sp³-hybridized carbons (Fsp3) is 0.893. The first-order chi connectivity index (χ1) is 30.4. The lowest BCUT2D eigenvalue weighted by Gasteiger charge is -2.29. The third kappa shape index (κ3) is 43.6. The standard InChI is InChI=1S/C56H108N2O4/c1-4-7-10-13-16-19-22-25-28-30-32-35-38-41-44-47-50-53(49-46-43-40-37-34-31-27-24-21-18-15-12-9-6-3)55(60)62-56(58,52-57)61-54(59)51-48-45-42-39-36-33-29-26-23-20-17-14-11-8-5-2/h26-27,29,31,53H,4-25,28,30,32-52,57-58H2,1-3H3/b29-26-,31-27-. The van der Waals surface area contributed by atoms with Crippen LogP contribution in [-0.4, -0.2) is 24.4 Å². The van der Waals surface area contributed by atoms with Crippen LogP contribution in [0.3, 0.4) is 0 Å². The zero-order valence-corrected chi connectivity index (χ0v) is 42.0. The summed E-state index contributed by atoms with van der Waals surface area (Å²) in [7, 11) is 0. The molecule has 0 rings (SSSR count). The van der Waals surface area contributed by atoms with Crippen LogP contribution in [0.1, 0.15) is 303 Å². The summed E-state index contributed by atoms with van der Waals surface area (Å²) < 4.78 is 11.3. The Morgan fingerprint density at radius 3 is 0.984 bits per heavy atom. The molecular weight excluding hydrogens is 765 g/mol. The number of carbonyl (C=O) groups is 2.